The Morgan fingerprint density at radius 3 is 2.50 bits per heavy atom. The minimum absolute atomic E-state index is 0.0594. The van der Waals surface area contributed by atoms with Crippen LogP contribution in [0.5, 0.6) is 0 Å². The van der Waals surface area contributed by atoms with Gasteiger partial charge in [-0.15, -0.1) is 0 Å². The molecule has 1 unspecified atom stereocenters. The second-order valence-electron chi connectivity index (χ2n) is 10.2. The quantitative estimate of drug-likeness (QED) is 0.694. The summed E-state index contributed by atoms with van der Waals surface area (Å²) in [5, 5.41) is 3.11. The molecule has 0 aromatic carbocycles. The van der Waals surface area contributed by atoms with E-state index in [1.165, 1.54) is 70.6 Å². The molecular weight excluding hydrogens is 402 g/mol. The topological polar surface area (TPSA) is 70.6 Å². The minimum Gasteiger partial charge on any atom is -0.378 e. The molecule has 1 aromatic heterocycles. The average molecular weight is 442 g/mol. The Labute approximate surface area is 192 Å². The molecule has 2 saturated heterocycles. The maximum Gasteiger partial charge on any atom is 0.270 e. The van der Waals surface area contributed by atoms with Crippen LogP contribution in [0.3, 0.4) is 0 Å². The Morgan fingerprint density at radius 2 is 1.72 bits per heavy atom. The second-order valence-corrected chi connectivity index (χ2v) is 10.2. The fourth-order valence-electron chi connectivity index (χ4n) is 5.59. The lowest BCUT2D eigenvalue weighted by molar-refractivity contribution is 0.0946. The third kappa shape index (κ3) is 5.53. The van der Waals surface area contributed by atoms with Crippen molar-refractivity contribution in [1.29, 1.82) is 0 Å². The molecule has 1 atom stereocenters. The number of hydrogen-bond donors (Lipinski definition) is 1. The first-order valence-electron chi connectivity index (χ1n) is 13.0. The number of hydrogen-bond acceptors (Lipinski definition) is 6. The van der Waals surface area contributed by atoms with Crippen molar-refractivity contribution in [1.82, 2.24) is 15.3 Å². The van der Waals surface area contributed by atoms with Crippen LogP contribution in [-0.4, -0.2) is 61.3 Å². The number of ether oxygens (including phenoxy) is 1. The van der Waals surface area contributed by atoms with Crippen LogP contribution >= 0.6 is 0 Å². The van der Waals surface area contributed by atoms with Crippen LogP contribution in [0.2, 0.25) is 0 Å². The molecule has 2 aliphatic heterocycles. The zero-order chi connectivity index (χ0) is 21.8. The van der Waals surface area contributed by atoms with E-state index in [4.69, 9.17) is 14.7 Å². The van der Waals surface area contributed by atoms with Crippen LogP contribution in [0.1, 0.15) is 81.1 Å². The third-order valence-electron chi connectivity index (χ3n) is 7.73. The van der Waals surface area contributed by atoms with Crippen LogP contribution in [-0.2, 0) is 4.74 Å². The molecule has 1 N–H and O–H groups in total. The molecule has 0 radical (unpaired) electrons. The first-order valence-corrected chi connectivity index (χ1v) is 13.0. The fraction of sp³-hybridized carbons (Fsp3) is 0.800. The van der Waals surface area contributed by atoms with Crippen LogP contribution in [0.15, 0.2) is 6.07 Å². The molecule has 2 saturated carbocycles. The van der Waals surface area contributed by atoms with Gasteiger partial charge < -0.3 is 19.9 Å². The standard InChI is InChI=1S/C25H39N5O2/c31-24(26-18-20-9-10-20)22-17-23(29-12-14-32-15-13-29)28-25(27-22)30-11-5-4-8-21(30)16-19-6-2-1-3-7-19/h17,19-21H,1-16,18H2,(H,26,31). The summed E-state index contributed by atoms with van der Waals surface area (Å²) in [6, 6.07) is 2.38. The van der Waals surface area contributed by atoms with E-state index in [0.717, 1.165) is 43.9 Å². The van der Waals surface area contributed by atoms with Crippen molar-refractivity contribution < 1.29 is 9.53 Å². The normalized spacial score (nSPS) is 25.1. The molecule has 4 fully saturated rings. The zero-order valence-corrected chi connectivity index (χ0v) is 19.4. The Balaban J connectivity index is 1.39. The Bertz CT molecular complexity index is 772. The molecule has 32 heavy (non-hydrogen) atoms. The van der Waals surface area contributed by atoms with Gasteiger partial charge in [0.1, 0.15) is 11.5 Å². The number of anilines is 2. The third-order valence-corrected chi connectivity index (χ3v) is 7.73. The van der Waals surface area contributed by atoms with Gasteiger partial charge in [-0.3, -0.25) is 4.79 Å². The lowest BCUT2D eigenvalue weighted by Crippen LogP contribution is -2.43. The number of carbonyl (C=O) groups is 1. The van der Waals surface area contributed by atoms with E-state index in [-0.39, 0.29) is 5.91 Å². The summed E-state index contributed by atoms with van der Waals surface area (Å²) < 4.78 is 5.54. The van der Waals surface area contributed by atoms with Crippen molar-refractivity contribution in [2.75, 3.05) is 49.2 Å². The van der Waals surface area contributed by atoms with Crippen molar-refractivity contribution in [3.8, 4) is 0 Å². The first-order chi connectivity index (χ1) is 15.8. The molecule has 0 bridgehead atoms. The van der Waals surface area contributed by atoms with E-state index in [2.05, 4.69) is 15.1 Å². The summed E-state index contributed by atoms with van der Waals surface area (Å²) in [5.41, 5.74) is 0.513. The molecule has 176 valence electrons. The number of nitrogens with zero attached hydrogens (tertiary/aromatic N) is 4. The Morgan fingerprint density at radius 1 is 0.938 bits per heavy atom. The van der Waals surface area contributed by atoms with Gasteiger partial charge in [-0.2, -0.15) is 4.98 Å². The molecule has 5 rings (SSSR count). The van der Waals surface area contributed by atoms with Gasteiger partial charge in [0.2, 0.25) is 5.95 Å². The summed E-state index contributed by atoms with van der Waals surface area (Å²) in [4.78, 5) is 27.5. The highest BCUT2D eigenvalue weighted by Gasteiger charge is 2.30. The Hall–Kier alpha value is -1.89. The second kappa shape index (κ2) is 10.4. The van der Waals surface area contributed by atoms with Gasteiger partial charge in [-0.1, -0.05) is 32.1 Å². The van der Waals surface area contributed by atoms with E-state index in [9.17, 15) is 4.79 Å². The maximum atomic E-state index is 13.0. The van der Waals surface area contributed by atoms with E-state index in [0.29, 0.717) is 30.9 Å². The number of rotatable bonds is 7. The lowest BCUT2D eigenvalue weighted by Gasteiger charge is -2.39. The van der Waals surface area contributed by atoms with Gasteiger partial charge in [-0.25, -0.2) is 4.98 Å². The zero-order valence-electron chi connectivity index (χ0n) is 19.4. The highest BCUT2D eigenvalue weighted by Crippen LogP contribution is 2.33. The van der Waals surface area contributed by atoms with E-state index < -0.39 is 0 Å². The molecule has 0 spiro atoms. The molecular formula is C25H39N5O2. The lowest BCUT2D eigenvalue weighted by atomic mass is 9.82. The number of carbonyl (C=O) groups excluding carboxylic acids is 1. The molecule has 7 nitrogen and oxygen atoms in total. The van der Waals surface area contributed by atoms with Gasteiger partial charge >= 0.3 is 0 Å². The van der Waals surface area contributed by atoms with Crippen LogP contribution < -0.4 is 15.1 Å². The van der Waals surface area contributed by atoms with Gasteiger partial charge in [0.05, 0.1) is 13.2 Å². The van der Waals surface area contributed by atoms with Crippen LogP contribution in [0, 0.1) is 11.8 Å². The van der Waals surface area contributed by atoms with Crippen LogP contribution in [0.4, 0.5) is 11.8 Å². The van der Waals surface area contributed by atoms with Gasteiger partial charge in [0.15, 0.2) is 0 Å². The molecule has 1 aromatic rings. The monoisotopic (exact) mass is 441 g/mol. The Kier molecular flexibility index (Phi) is 7.10. The molecule has 3 heterocycles. The largest absolute Gasteiger partial charge is 0.378 e. The fourth-order valence-corrected chi connectivity index (χ4v) is 5.59. The van der Waals surface area contributed by atoms with Crippen LogP contribution in [0.25, 0.3) is 0 Å². The van der Waals surface area contributed by atoms with Gasteiger partial charge in [-0.05, 0) is 50.4 Å². The number of amides is 1. The van der Waals surface area contributed by atoms with Crippen molar-refractivity contribution in [2.45, 2.75) is 76.7 Å². The minimum atomic E-state index is -0.0594. The number of aromatic nitrogens is 2. The number of piperidine rings is 1. The average Bonchev–Trinajstić information content (AvgIpc) is 3.68. The molecule has 2 aliphatic carbocycles. The molecule has 7 heteroatoms. The van der Waals surface area contributed by atoms with Crippen molar-refractivity contribution in [3.63, 3.8) is 0 Å². The highest BCUT2D eigenvalue weighted by atomic mass is 16.5. The summed E-state index contributed by atoms with van der Waals surface area (Å²) in [7, 11) is 0. The summed E-state index contributed by atoms with van der Waals surface area (Å²) in [6.45, 7) is 4.79. The predicted molar refractivity (Wildman–Crippen MR) is 126 cm³/mol. The maximum absolute atomic E-state index is 13.0. The number of nitrogens with one attached hydrogen (secondary N) is 1. The van der Waals surface area contributed by atoms with E-state index in [1.54, 1.807) is 0 Å². The molecule has 4 aliphatic rings. The summed E-state index contributed by atoms with van der Waals surface area (Å²) in [5.74, 6) is 3.05. The van der Waals surface area contributed by atoms with Gasteiger partial charge in [0.25, 0.3) is 5.91 Å². The molecule has 1 amide bonds. The SMILES string of the molecule is O=C(NCC1CC1)c1cc(N2CCOCC2)nc(N2CCCCC2CC2CCCCC2)n1. The van der Waals surface area contributed by atoms with Gasteiger partial charge in [0, 0.05) is 38.3 Å². The highest BCUT2D eigenvalue weighted by molar-refractivity contribution is 5.93. The first kappa shape index (κ1) is 21.9. The van der Waals surface area contributed by atoms with Crippen molar-refractivity contribution in [3.05, 3.63) is 11.8 Å². The van der Waals surface area contributed by atoms with Crippen molar-refractivity contribution >= 4 is 17.7 Å². The van der Waals surface area contributed by atoms with E-state index in [1.807, 2.05) is 6.07 Å². The smallest absolute Gasteiger partial charge is 0.270 e. The van der Waals surface area contributed by atoms with E-state index >= 15 is 0 Å². The number of morpholine rings is 1. The summed E-state index contributed by atoms with van der Waals surface area (Å²) >= 11 is 0. The van der Waals surface area contributed by atoms with Crippen molar-refractivity contribution in [2.24, 2.45) is 11.8 Å². The predicted octanol–water partition coefficient (Wildman–Crippen LogP) is 3.78. The summed E-state index contributed by atoms with van der Waals surface area (Å²) in [6.07, 6.45) is 14.3.